The Hall–Kier alpha value is -0.480. The molecule has 10 heavy (non-hydrogen) atoms. The third-order valence-electron chi connectivity index (χ3n) is 1.84. The minimum Gasteiger partial charge on any atom is -0.356 e. The molecule has 0 aromatic heterocycles. The van der Waals surface area contributed by atoms with Crippen LogP contribution in [0.3, 0.4) is 0 Å². The Morgan fingerprint density at radius 1 is 1.50 bits per heavy atom. The summed E-state index contributed by atoms with van der Waals surface area (Å²) in [6.07, 6.45) is 10.7. The predicted molar refractivity (Wildman–Crippen MR) is 41.6 cm³/mol. The van der Waals surface area contributed by atoms with Crippen LogP contribution < -0.4 is 0 Å². The minimum atomic E-state index is 0.150. The third kappa shape index (κ3) is 2.04. The van der Waals surface area contributed by atoms with E-state index in [1.807, 2.05) is 0 Å². The maximum absolute atomic E-state index is 5.18. The molecule has 0 N–H and O–H groups in total. The maximum Gasteiger partial charge on any atom is 0.144 e. The zero-order valence-corrected chi connectivity index (χ0v) is 6.47. The zero-order valence-electron chi connectivity index (χ0n) is 6.47. The van der Waals surface area contributed by atoms with Crippen LogP contribution in [0.5, 0.6) is 0 Å². The highest BCUT2D eigenvalue weighted by molar-refractivity contribution is 5.07. The molecule has 0 aromatic rings. The van der Waals surface area contributed by atoms with E-state index in [0.29, 0.717) is 6.10 Å². The monoisotopic (exact) mass is 138 g/mol. The van der Waals surface area contributed by atoms with Crippen LogP contribution in [0.15, 0.2) is 0 Å². The first-order valence-electron chi connectivity index (χ1n) is 4.00. The quantitative estimate of drug-likeness (QED) is 0.329. The topological polar surface area (TPSA) is 12.5 Å². The van der Waals surface area contributed by atoms with Gasteiger partial charge in [0, 0.05) is 0 Å². The van der Waals surface area contributed by atoms with Crippen molar-refractivity contribution in [1.29, 1.82) is 0 Å². The highest BCUT2D eigenvalue weighted by Crippen LogP contribution is 2.26. The first-order chi connectivity index (χ1) is 4.88. The van der Waals surface area contributed by atoms with E-state index in [2.05, 4.69) is 12.8 Å². The molecule has 1 heterocycles. The SMILES string of the molecule is C#CC1OC1CCCCC. The van der Waals surface area contributed by atoms with Gasteiger partial charge in [0.25, 0.3) is 0 Å². The number of hydrogen-bond acceptors (Lipinski definition) is 1. The van der Waals surface area contributed by atoms with Gasteiger partial charge >= 0.3 is 0 Å². The van der Waals surface area contributed by atoms with Crippen LogP contribution in [0.1, 0.15) is 32.6 Å². The zero-order chi connectivity index (χ0) is 7.40. The Morgan fingerprint density at radius 2 is 2.30 bits per heavy atom. The van der Waals surface area contributed by atoms with Gasteiger partial charge in [0.1, 0.15) is 6.10 Å². The van der Waals surface area contributed by atoms with Gasteiger partial charge in [0.15, 0.2) is 0 Å². The lowest BCUT2D eigenvalue weighted by Crippen LogP contribution is -1.89. The fraction of sp³-hybridized carbons (Fsp3) is 0.778. The van der Waals surface area contributed by atoms with Crippen molar-refractivity contribution in [1.82, 2.24) is 0 Å². The molecule has 0 aromatic carbocycles. The Labute approximate surface area is 62.8 Å². The van der Waals surface area contributed by atoms with E-state index in [1.165, 1.54) is 19.3 Å². The van der Waals surface area contributed by atoms with Gasteiger partial charge in [-0.1, -0.05) is 32.1 Å². The first-order valence-corrected chi connectivity index (χ1v) is 4.00. The predicted octanol–water partition coefficient (Wildman–Crippen LogP) is 1.97. The fourth-order valence-electron chi connectivity index (χ4n) is 1.10. The van der Waals surface area contributed by atoms with Gasteiger partial charge in [-0.3, -0.25) is 0 Å². The summed E-state index contributed by atoms with van der Waals surface area (Å²) in [5.41, 5.74) is 0. The van der Waals surface area contributed by atoms with Crippen molar-refractivity contribution in [3.05, 3.63) is 0 Å². The molecule has 1 rings (SSSR count). The molecule has 1 heteroatoms. The summed E-state index contributed by atoms with van der Waals surface area (Å²) in [4.78, 5) is 0. The van der Waals surface area contributed by atoms with Crippen molar-refractivity contribution in [3.8, 4) is 12.3 Å². The molecule has 1 aliphatic heterocycles. The number of unbranched alkanes of at least 4 members (excludes halogenated alkanes) is 2. The Morgan fingerprint density at radius 3 is 2.80 bits per heavy atom. The van der Waals surface area contributed by atoms with Gasteiger partial charge in [-0.2, -0.15) is 0 Å². The van der Waals surface area contributed by atoms with Gasteiger partial charge < -0.3 is 4.74 Å². The highest BCUT2D eigenvalue weighted by atomic mass is 16.6. The Kier molecular flexibility index (Phi) is 2.77. The average molecular weight is 138 g/mol. The summed E-state index contributed by atoms with van der Waals surface area (Å²) in [5, 5.41) is 0. The lowest BCUT2D eigenvalue weighted by Gasteiger charge is -1.91. The standard InChI is InChI=1S/C9H14O/c1-3-5-6-7-9-8(4-2)10-9/h2,8-9H,3,5-7H2,1H3. The van der Waals surface area contributed by atoms with Crippen LogP contribution in [0, 0.1) is 12.3 Å². The van der Waals surface area contributed by atoms with Crippen molar-refractivity contribution in [3.63, 3.8) is 0 Å². The van der Waals surface area contributed by atoms with Gasteiger partial charge in [0.2, 0.25) is 0 Å². The molecule has 0 aliphatic carbocycles. The van der Waals surface area contributed by atoms with Gasteiger partial charge in [0.05, 0.1) is 6.10 Å². The first kappa shape index (κ1) is 7.63. The largest absolute Gasteiger partial charge is 0.356 e. The van der Waals surface area contributed by atoms with E-state index in [4.69, 9.17) is 11.2 Å². The van der Waals surface area contributed by atoms with Crippen LogP contribution in [-0.4, -0.2) is 12.2 Å². The lowest BCUT2D eigenvalue weighted by molar-refractivity contribution is 0.376. The van der Waals surface area contributed by atoms with Gasteiger partial charge in [-0.25, -0.2) is 0 Å². The van der Waals surface area contributed by atoms with Crippen LogP contribution in [0.2, 0.25) is 0 Å². The van der Waals surface area contributed by atoms with E-state index in [0.717, 1.165) is 6.42 Å². The van der Waals surface area contributed by atoms with E-state index < -0.39 is 0 Å². The molecular weight excluding hydrogens is 124 g/mol. The fourth-order valence-corrected chi connectivity index (χ4v) is 1.10. The van der Waals surface area contributed by atoms with E-state index in [-0.39, 0.29) is 6.10 Å². The molecule has 0 saturated carbocycles. The summed E-state index contributed by atoms with van der Waals surface area (Å²) >= 11 is 0. The van der Waals surface area contributed by atoms with Crippen molar-refractivity contribution >= 4 is 0 Å². The van der Waals surface area contributed by atoms with Crippen LogP contribution in [-0.2, 0) is 4.74 Å². The molecule has 0 radical (unpaired) electrons. The third-order valence-corrected chi connectivity index (χ3v) is 1.84. The number of hydrogen-bond donors (Lipinski definition) is 0. The number of epoxide rings is 1. The van der Waals surface area contributed by atoms with E-state index in [1.54, 1.807) is 0 Å². The molecule has 0 spiro atoms. The van der Waals surface area contributed by atoms with Crippen molar-refractivity contribution < 1.29 is 4.74 Å². The van der Waals surface area contributed by atoms with Crippen molar-refractivity contribution in [2.24, 2.45) is 0 Å². The number of rotatable bonds is 4. The second-order valence-corrected chi connectivity index (χ2v) is 2.76. The molecule has 1 aliphatic rings. The average Bonchev–Trinajstić information content (AvgIpc) is 2.68. The number of ether oxygens (including phenoxy) is 1. The summed E-state index contributed by atoms with van der Waals surface area (Å²) < 4.78 is 5.18. The Bertz CT molecular complexity index is 134. The van der Waals surface area contributed by atoms with Gasteiger partial charge in [-0.15, -0.1) is 6.42 Å². The summed E-state index contributed by atoms with van der Waals surface area (Å²) in [6.45, 7) is 2.20. The van der Waals surface area contributed by atoms with Crippen LogP contribution in [0.25, 0.3) is 0 Å². The highest BCUT2D eigenvalue weighted by Gasteiger charge is 2.35. The van der Waals surface area contributed by atoms with Crippen molar-refractivity contribution in [2.75, 3.05) is 0 Å². The second-order valence-electron chi connectivity index (χ2n) is 2.76. The second kappa shape index (κ2) is 3.63. The van der Waals surface area contributed by atoms with Crippen LogP contribution >= 0.6 is 0 Å². The summed E-state index contributed by atoms with van der Waals surface area (Å²) in [6, 6.07) is 0. The van der Waals surface area contributed by atoms with E-state index >= 15 is 0 Å². The molecular formula is C9H14O. The molecule has 2 unspecified atom stereocenters. The Balaban J connectivity index is 1.93. The molecule has 1 saturated heterocycles. The maximum atomic E-state index is 5.18. The summed E-state index contributed by atoms with van der Waals surface area (Å²) in [7, 11) is 0. The molecule has 1 nitrogen and oxygen atoms in total. The van der Waals surface area contributed by atoms with Gasteiger partial charge in [-0.05, 0) is 6.42 Å². The molecule has 0 amide bonds. The molecule has 2 atom stereocenters. The molecule has 0 bridgehead atoms. The van der Waals surface area contributed by atoms with Crippen molar-refractivity contribution in [2.45, 2.75) is 44.8 Å². The normalized spacial score (nSPS) is 29.6. The smallest absolute Gasteiger partial charge is 0.144 e. The summed E-state index contributed by atoms with van der Waals surface area (Å²) in [5.74, 6) is 2.59. The van der Waals surface area contributed by atoms with E-state index in [9.17, 15) is 0 Å². The lowest BCUT2D eigenvalue weighted by atomic mass is 10.1. The molecule has 56 valence electrons. The van der Waals surface area contributed by atoms with Crippen LogP contribution in [0.4, 0.5) is 0 Å². The number of terminal acetylenes is 1. The minimum absolute atomic E-state index is 0.150. The molecule has 1 fully saturated rings.